The highest BCUT2D eigenvalue weighted by molar-refractivity contribution is 6.15. The van der Waals surface area contributed by atoms with E-state index in [1.807, 2.05) is 158 Å². The average molecular weight is 1170 g/mol. The van der Waals surface area contributed by atoms with Gasteiger partial charge in [0.15, 0.2) is 0 Å². The Morgan fingerprint density at radius 1 is 0.228 bits per heavy atom. The molecule has 14 rings (SSSR count). The van der Waals surface area contributed by atoms with Crippen molar-refractivity contribution in [2.45, 2.75) is 0 Å². The molecule has 12 nitrogen and oxygen atoms in total. The molecule has 0 fully saturated rings. The molecule has 3 aromatic heterocycles. The number of pyridine rings is 1. The zero-order chi connectivity index (χ0) is 63.1. The maximum atomic E-state index is 11.7. The zero-order valence-corrected chi connectivity index (χ0v) is 48.3. The molecule has 0 aliphatic heterocycles. The van der Waals surface area contributed by atoms with E-state index >= 15 is 0 Å². The first-order valence-corrected chi connectivity index (χ1v) is 28.8. The molecule has 0 aliphatic carbocycles. The second-order valence-electron chi connectivity index (χ2n) is 21.9. The molecule has 0 radical (unpaired) electrons. The van der Waals surface area contributed by atoms with E-state index in [0.717, 1.165) is 43.7 Å². The predicted molar refractivity (Wildman–Crippen MR) is 353 cm³/mol. The molecule has 0 saturated heterocycles. The van der Waals surface area contributed by atoms with E-state index in [4.69, 9.17) is 4.98 Å². The predicted octanol–water partition coefficient (Wildman–Crippen LogP) is 17.8. The molecule has 12 heteroatoms. The van der Waals surface area contributed by atoms with Crippen molar-refractivity contribution in [2.75, 3.05) is 0 Å². The third-order valence-electron chi connectivity index (χ3n) is 16.8. The molecular weight excluding hydrogens is 1130 g/mol. The number of nitriles is 9. The lowest BCUT2D eigenvalue weighted by Gasteiger charge is -2.20. The van der Waals surface area contributed by atoms with Crippen LogP contribution in [0.25, 0.3) is 133 Å². The monoisotopic (exact) mass is 1170 g/mol. The summed E-state index contributed by atoms with van der Waals surface area (Å²) in [7, 11) is 0. The molecule has 0 bridgehead atoms. The number of nitrogens with zero attached hydrogens (tertiary/aromatic N) is 12. The molecule has 0 unspecified atom stereocenters. The molecule has 11 aromatic carbocycles. The van der Waals surface area contributed by atoms with E-state index < -0.39 is 0 Å². The summed E-state index contributed by atoms with van der Waals surface area (Å²) in [5, 5.41) is 96.3. The maximum absolute atomic E-state index is 11.7. The largest absolute Gasteiger partial charge is 0.307 e. The van der Waals surface area contributed by atoms with Gasteiger partial charge in [-0.1, -0.05) is 109 Å². The Morgan fingerprint density at radius 2 is 0.522 bits per heavy atom. The van der Waals surface area contributed by atoms with Crippen molar-refractivity contribution in [3.8, 4) is 144 Å². The first-order valence-electron chi connectivity index (χ1n) is 28.8. The average Bonchev–Trinajstić information content (AvgIpc) is 1.55. The lowest BCUT2D eigenvalue weighted by Crippen LogP contribution is -2.06. The molecule has 0 amide bonds. The van der Waals surface area contributed by atoms with Crippen molar-refractivity contribution in [1.82, 2.24) is 14.1 Å². The lowest BCUT2D eigenvalue weighted by molar-refractivity contribution is 1.09. The van der Waals surface area contributed by atoms with Gasteiger partial charge < -0.3 is 9.13 Å². The van der Waals surface area contributed by atoms with Crippen LogP contribution in [0.4, 0.5) is 0 Å². The van der Waals surface area contributed by atoms with Crippen LogP contribution in [0.3, 0.4) is 0 Å². The first kappa shape index (κ1) is 55.5. The van der Waals surface area contributed by atoms with Gasteiger partial charge in [0.25, 0.3) is 0 Å². The molecule has 92 heavy (non-hydrogen) atoms. The highest BCUT2D eigenvalue weighted by Gasteiger charge is 2.26. The number of rotatable bonds is 9. The summed E-state index contributed by atoms with van der Waals surface area (Å²) < 4.78 is 4.28. The SMILES string of the molecule is N#Cc1ccc(-c2ccc3c(c2)c2cc(-c4ccc(C#N)cc4C#N)ccc2n3-c2cc(C#N)c(-c3cc(-c4ccccc4)nc(-c4ccccc4)c3)cc2-n2c3ccc(-c4ccc(C#N)cc4C#N)cc3c3cc(-c4ccc(C#N)cc4C#N)ccc32)c(C#N)c1. The van der Waals surface area contributed by atoms with Gasteiger partial charge in [0.1, 0.15) is 0 Å². The standard InChI is InChI=1S/C80H38N12/c81-39-48-11-19-64(59(27-48)43-85)54-15-23-75-69(31-54)70-32-55(65-20-12-49(40-82)28-60(65)44-86)16-24-76(70)91(75)79-37-63(47-89)68(58-35-73(52-7-3-1-4-8-52)90-74(36-58)53-9-5-2-6-10-53)38-80(79)92-77-25-17-56(66-21-13-50(41-83)29-61(66)45-87)33-71(77)72-34-57(18-26-78(72)92)67-22-14-51(42-84)30-62(67)46-88/h1-38H. The second-order valence-corrected chi connectivity index (χ2v) is 21.9. The highest BCUT2D eigenvalue weighted by atomic mass is 15.1. The Labute approximate surface area is 527 Å². The molecule has 0 saturated carbocycles. The quantitative estimate of drug-likeness (QED) is 0.132. The van der Waals surface area contributed by atoms with Gasteiger partial charge in [-0.05, 0) is 171 Å². The minimum atomic E-state index is 0.311. The Kier molecular flexibility index (Phi) is 13.7. The fourth-order valence-electron chi connectivity index (χ4n) is 12.5. The summed E-state index contributed by atoms with van der Waals surface area (Å²) in [4.78, 5) is 5.21. The van der Waals surface area contributed by atoms with E-state index in [9.17, 15) is 47.4 Å². The van der Waals surface area contributed by atoms with Crippen molar-refractivity contribution < 1.29 is 0 Å². The van der Waals surface area contributed by atoms with Crippen LogP contribution < -0.4 is 0 Å². The van der Waals surface area contributed by atoms with Crippen molar-refractivity contribution >= 4 is 43.6 Å². The molecule has 3 heterocycles. The Balaban J connectivity index is 1.13. The second kappa shape index (κ2) is 22.8. The van der Waals surface area contributed by atoms with Crippen LogP contribution in [0.2, 0.25) is 0 Å². The van der Waals surface area contributed by atoms with E-state index in [2.05, 4.69) is 63.8 Å². The van der Waals surface area contributed by atoms with E-state index in [1.54, 1.807) is 72.8 Å². The molecule has 418 valence electrons. The van der Waals surface area contributed by atoms with Crippen molar-refractivity contribution in [2.24, 2.45) is 0 Å². The molecule has 0 spiro atoms. The normalized spacial score (nSPS) is 10.7. The minimum Gasteiger partial charge on any atom is -0.307 e. The number of hydrogen-bond donors (Lipinski definition) is 0. The van der Waals surface area contributed by atoms with Crippen molar-refractivity contribution in [1.29, 1.82) is 47.4 Å². The minimum absolute atomic E-state index is 0.311. The summed E-state index contributed by atoms with van der Waals surface area (Å²) in [6, 6.07) is 92.0. The summed E-state index contributed by atoms with van der Waals surface area (Å²) in [6.07, 6.45) is 0. The summed E-state index contributed by atoms with van der Waals surface area (Å²) in [6.45, 7) is 0. The summed E-state index contributed by atoms with van der Waals surface area (Å²) >= 11 is 0. The van der Waals surface area contributed by atoms with Crippen LogP contribution in [0, 0.1) is 102 Å². The Morgan fingerprint density at radius 3 is 0.815 bits per heavy atom. The van der Waals surface area contributed by atoms with Gasteiger partial charge in [-0.2, -0.15) is 47.4 Å². The molecule has 0 N–H and O–H groups in total. The van der Waals surface area contributed by atoms with Crippen molar-refractivity contribution in [3.05, 3.63) is 281 Å². The van der Waals surface area contributed by atoms with Crippen LogP contribution in [0.5, 0.6) is 0 Å². The van der Waals surface area contributed by atoms with Gasteiger partial charge in [0.2, 0.25) is 0 Å². The zero-order valence-electron chi connectivity index (χ0n) is 48.3. The van der Waals surface area contributed by atoms with E-state index in [0.29, 0.717) is 140 Å². The van der Waals surface area contributed by atoms with Gasteiger partial charge in [-0.15, -0.1) is 0 Å². The van der Waals surface area contributed by atoms with Gasteiger partial charge in [-0.3, -0.25) is 0 Å². The number of hydrogen-bond acceptors (Lipinski definition) is 10. The maximum Gasteiger partial charge on any atom is 0.0998 e. The summed E-state index contributed by atoms with van der Waals surface area (Å²) in [5.74, 6) is 0. The van der Waals surface area contributed by atoms with Gasteiger partial charge in [-0.25, -0.2) is 4.98 Å². The Hall–Kier alpha value is -14.4. The molecule has 14 aromatic rings. The van der Waals surface area contributed by atoms with E-state index in [-0.39, 0.29) is 0 Å². The summed E-state index contributed by atoms with van der Waals surface area (Å²) in [5.41, 5.74) is 16.7. The van der Waals surface area contributed by atoms with Crippen LogP contribution in [0.15, 0.2) is 231 Å². The highest BCUT2D eigenvalue weighted by Crippen LogP contribution is 2.46. The van der Waals surface area contributed by atoms with Gasteiger partial charge in [0, 0.05) is 38.2 Å². The van der Waals surface area contributed by atoms with Gasteiger partial charge in [0.05, 0.1) is 150 Å². The number of benzene rings is 11. The number of aromatic nitrogens is 3. The molecular formula is C80H38N12. The fourth-order valence-corrected chi connectivity index (χ4v) is 12.5. The molecule has 0 atom stereocenters. The van der Waals surface area contributed by atoms with Crippen LogP contribution >= 0.6 is 0 Å². The van der Waals surface area contributed by atoms with Crippen molar-refractivity contribution in [3.63, 3.8) is 0 Å². The third-order valence-corrected chi connectivity index (χ3v) is 16.8. The topological polar surface area (TPSA) is 237 Å². The first-order chi connectivity index (χ1) is 45.2. The van der Waals surface area contributed by atoms with Crippen LogP contribution in [0.1, 0.15) is 50.1 Å². The lowest BCUT2D eigenvalue weighted by atomic mass is 9.95. The van der Waals surface area contributed by atoms with Crippen LogP contribution in [-0.4, -0.2) is 14.1 Å². The van der Waals surface area contributed by atoms with E-state index in [1.165, 1.54) is 0 Å². The van der Waals surface area contributed by atoms with Crippen LogP contribution in [-0.2, 0) is 0 Å². The Bertz CT molecular complexity index is 5620. The van der Waals surface area contributed by atoms with Gasteiger partial charge >= 0.3 is 0 Å². The third kappa shape index (κ3) is 9.39. The fraction of sp³-hybridized carbons (Fsp3) is 0. The molecule has 0 aliphatic rings. The number of fused-ring (bicyclic) bond motifs is 6. The smallest absolute Gasteiger partial charge is 0.0998 e.